The number of Topliss-reactive ketones (excluding diaryl/α,β-unsaturated/α-hetero) is 1. The zero-order valence-corrected chi connectivity index (χ0v) is 26.3. The van der Waals surface area contributed by atoms with Gasteiger partial charge in [0, 0.05) is 30.3 Å². The standard InChI is InChI=1S/C11H14N4O.C5H8N2.C4H8O.C3Cl6O/c1-7-5-9(3)14(12-7)11(16)15-10(4)6-8(2)13-15;1-4-3-5(2)7-6-4;1-2-4-5-3-1;4-2(5,6)1(10)3(7,8)9/h5-6H,1-4H3;3H,1-2H3,(H,6,7);1-4H2;. The number of nitrogens with one attached hydrogen (secondary N) is 1. The second-order valence-electron chi connectivity index (χ2n) is 8.30. The molecule has 1 fully saturated rings. The highest BCUT2D eigenvalue weighted by Gasteiger charge is 2.44. The number of carbonyl (C=O) groups is 2. The molecule has 15 heteroatoms. The van der Waals surface area contributed by atoms with Gasteiger partial charge in [-0.1, -0.05) is 69.6 Å². The number of alkyl halides is 6. The van der Waals surface area contributed by atoms with E-state index < -0.39 is 13.4 Å². The van der Waals surface area contributed by atoms with Crippen LogP contribution in [-0.2, 0) is 9.53 Å². The molecule has 1 saturated heterocycles. The summed E-state index contributed by atoms with van der Waals surface area (Å²) in [5, 5.41) is 15.0. The number of H-pyrrole nitrogens is 1. The SMILES string of the molecule is C1CCOC1.Cc1cc(C)[nH]n1.Cc1cc(C)n(C(=O)n2nc(C)cc2C)n1.O=C(C(Cl)(Cl)Cl)C(Cl)(Cl)Cl. The number of carbonyl (C=O) groups excluding carboxylic acids is 2. The molecule has 4 rings (SSSR count). The number of aryl methyl sites for hydroxylation is 6. The fourth-order valence-electron chi connectivity index (χ4n) is 2.96. The van der Waals surface area contributed by atoms with E-state index in [-0.39, 0.29) is 6.03 Å². The maximum atomic E-state index is 12.1. The smallest absolute Gasteiger partial charge is 0.369 e. The van der Waals surface area contributed by atoms with E-state index >= 15 is 0 Å². The number of ketones is 1. The first kappa shape index (κ1) is 34.7. The Morgan fingerprint density at radius 1 is 0.763 bits per heavy atom. The van der Waals surface area contributed by atoms with E-state index in [1.165, 1.54) is 22.2 Å². The van der Waals surface area contributed by atoms with Crippen LogP contribution in [0, 0.1) is 41.5 Å². The van der Waals surface area contributed by atoms with Crippen molar-refractivity contribution in [2.24, 2.45) is 0 Å². The maximum absolute atomic E-state index is 12.1. The number of hydrogen-bond acceptors (Lipinski definition) is 6. The van der Waals surface area contributed by atoms with Gasteiger partial charge in [0.25, 0.3) is 7.59 Å². The average molecular weight is 651 g/mol. The van der Waals surface area contributed by atoms with Crippen LogP contribution in [0.25, 0.3) is 0 Å². The van der Waals surface area contributed by atoms with Crippen LogP contribution in [0.5, 0.6) is 0 Å². The van der Waals surface area contributed by atoms with E-state index in [0.29, 0.717) is 0 Å². The molecule has 0 unspecified atom stereocenters. The van der Waals surface area contributed by atoms with E-state index in [4.69, 9.17) is 74.3 Å². The normalized spacial score (nSPS) is 12.9. The lowest BCUT2D eigenvalue weighted by molar-refractivity contribution is -0.117. The van der Waals surface area contributed by atoms with Gasteiger partial charge in [0.15, 0.2) is 0 Å². The molecule has 0 saturated carbocycles. The Morgan fingerprint density at radius 2 is 1.18 bits per heavy atom. The van der Waals surface area contributed by atoms with Crippen molar-refractivity contribution in [3.05, 3.63) is 52.4 Å². The number of halogens is 6. The summed E-state index contributed by atoms with van der Waals surface area (Å²) in [5.74, 6) is -1.09. The van der Waals surface area contributed by atoms with Crippen molar-refractivity contribution >= 4 is 81.4 Å². The average Bonchev–Trinajstić information content (AvgIpc) is 3.58. The molecule has 3 aromatic heterocycles. The molecule has 4 heterocycles. The van der Waals surface area contributed by atoms with Crippen molar-refractivity contribution in [2.45, 2.75) is 62.0 Å². The maximum Gasteiger partial charge on any atom is 0.369 e. The van der Waals surface area contributed by atoms with Crippen LogP contribution < -0.4 is 0 Å². The van der Waals surface area contributed by atoms with Crippen molar-refractivity contribution in [3.8, 4) is 0 Å². The van der Waals surface area contributed by atoms with Gasteiger partial charge in [-0.05, 0) is 72.6 Å². The van der Waals surface area contributed by atoms with Gasteiger partial charge < -0.3 is 4.74 Å². The lowest BCUT2D eigenvalue weighted by Gasteiger charge is -2.14. The zero-order valence-electron chi connectivity index (χ0n) is 21.8. The first-order chi connectivity index (χ1) is 17.4. The van der Waals surface area contributed by atoms with E-state index in [1.54, 1.807) is 0 Å². The molecule has 1 aliphatic heterocycles. The summed E-state index contributed by atoms with van der Waals surface area (Å²) in [6.07, 6.45) is 2.56. The lowest BCUT2D eigenvalue weighted by Crippen LogP contribution is -2.31. The predicted molar refractivity (Wildman–Crippen MR) is 153 cm³/mol. The minimum absolute atomic E-state index is 0.240. The van der Waals surface area contributed by atoms with Crippen LogP contribution in [0.3, 0.4) is 0 Å². The number of aromatic amines is 1. The third-order valence-corrected chi connectivity index (χ3v) is 5.59. The summed E-state index contributed by atoms with van der Waals surface area (Å²) in [5.41, 5.74) is 5.46. The monoisotopic (exact) mass is 648 g/mol. The first-order valence-electron chi connectivity index (χ1n) is 11.3. The summed E-state index contributed by atoms with van der Waals surface area (Å²) >= 11 is 30.6. The number of rotatable bonds is 0. The second kappa shape index (κ2) is 15.5. The number of aromatic nitrogens is 6. The molecule has 0 amide bonds. The summed E-state index contributed by atoms with van der Waals surface area (Å²) in [7, 11) is 0. The summed E-state index contributed by atoms with van der Waals surface area (Å²) in [6.45, 7) is 13.4. The third-order valence-electron chi connectivity index (χ3n) is 4.56. The van der Waals surface area contributed by atoms with E-state index in [9.17, 15) is 9.59 Å². The molecule has 212 valence electrons. The zero-order chi connectivity index (χ0) is 29.3. The third kappa shape index (κ3) is 12.2. The van der Waals surface area contributed by atoms with Crippen LogP contribution in [0.2, 0.25) is 0 Å². The largest absolute Gasteiger partial charge is 0.381 e. The second-order valence-corrected chi connectivity index (χ2v) is 12.9. The molecule has 0 aromatic carbocycles. The Hall–Kier alpha value is -1.33. The van der Waals surface area contributed by atoms with Gasteiger partial charge in [-0.2, -0.15) is 24.7 Å². The van der Waals surface area contributed by atoms with Gasteiger partial charge in [-0.15, -0.1) is 0 Å². The Labute approximate surface area is 252 Å². The Balaban J connectivity index is 0.000000280. The minimum Gasteiger partial charge on any atom is -0.381 e. The van der Waals surface area contributed by atoms with Gasteiger partial charge in [-0.3, -0.25) is 9.89 Å². The highest BCUT2D eigenvalue weighted by molar-refractivity contribution is 6.86. The minimum atomic E-state index is -2.18. The van der Waals surface area contributed by atoms with E-state index in [1.807, 2.05) is 59.7 Å². The number of nitrogens with zero attached hydrogens (tertiary/aromatic N) is 5. The highest BCUT2D eigenvalue weighted by Crippen LogP contribution is 2.39. The van der Waals surface area contributed by atoms with Gasteiger partial charge in [0.2, 0.25) is 5.78 Å². The van der Waals surface area contributed by atoms with Gasteiger partial charge in [0.05, 0.1) is 17.1 Å². The molecule has 0 bridgehead atoms. The molecule has 0 radical (unpaired) electrons. The van der Waals surface area contributed by atoms with Crippen molar-refractivity contribution in [3.63, 3.8) is 0 Å². The fraction of sp³-hybridized carbons (Fsp3) is 0.522. The molecule has 0 aliphatic carbocycles. The number of hydrogen-bond donors (Lipinski definition) is 1. The molecule has 3 aromatic rings. The predicted octanol–water partition coefficient (Wildman–Crippen LogP) is 6.95. The highest BCUT2D eigenvalue weighted by atomic mass is 35.6. The summed E-state index contributed by atoms with van der Waals surface area (Å²) in [6, 6.07) is 5.49. The molecule has 0 spiro atoms. The van der Waals surface area contributed by atoms with Crippen LogP contribution in [0.15, 0.2) is 18.2 Å². The van der Waals surface area contributed by atoms with Crippen molar-refractivity contribution in [1.29, 1.82) is 0 Å². The molecule has 0 atom stereocenters. The summed E-state index contributed by atoms with van der Waals surface area (Å²) in [4.78, 5) is 22.8. The molecule has 1 N–H and O–H groups in total. The summed E-state index contributed by atoms with van der Waals surface area (Å²) < 4.78 is 3.33. The van der Waals surface area contributed by atoms with Crippen LogP contribution >= 0.6 is 69.6 Å². The molecular weight excluding hydrogens is 621 g/mol. The molecule has 9 nitrogen and oxygen atoms in total. The Morgan fingerprint density at radius 3 is 1.34 bits per heavy atom. The molecule has 1 aliphatic rings. The Kier molecular flexibility index (Phi) is 14.1. The van der Waals surface area contributed by atoms with Crippen molar-refractivity contribution in [2.75, 3.05) is 13.2 Å². The topological polar surface area (TPSA) is 108 Å². The molecular formula is C23H30Cl6N6O3. The quantitative estimate of drug-likeness (QED) is 0.264. The van der Waals surface area contributed by atoms with Gasteiger partial charge in [0.1, 0.15) is 0 Å². The number of ether oxygens (including phenoxy) is 1. The van der Waals surface area contributed by atoms with Gasteiger partial charge in [-0.25, -0.2) is 4.79 Å². The van der Waals surface area contributed by atoms with Crippen molar-refractivity contribution < 1.29 is 14.3 Å². The fourth-order valence-corrected chi connectivity index (χ4v) is 4.25. The van der Waals surface area contributed by atoms with Crippen LogP contribution in [-0.4, -0.2) is 62.4 Å². The van der Waals surface area contributed by atoms with Crippen molar-refractivity contribution in [1.82, 2.24) is 29.8 Å². The van der Waals surface area contributed by atoms with E-state index in [2.05, 4.69) is 20.4 Å². The van der Waals surface area contributed by atoms with E-state index in [0.717, 1.165) is 47.4 Å². The Bertz CT molecular complexity index is 1100. The van der Waals surface area contributed by atoms with Crippen LogP contribution in [0.1, 0.15) is 47.0 Å². The first-order valence-corrected chi connectivity index (χ1v) is 13.6. The molecule has 38 heavy (non-hydrogen) atoms. The van der Waals surface area contributed by atoms with Gasteiger partial charge >= 0.3 is 6.03 Å². The van der Waals surface area contributed by atoms with Crippen LogP contribution in [0.4, 0.5) is 4.79 Å². The lowest BCUT2D eigenvalue weighted by atomic mass is 10.4.